The minimum atomic E-state index is -2.91. The molecule has 0 aromatic heterocycles. The highest BCUT2D eigenvalue weighted by Crippen LogP contribution is 2.63. The van der Waals surface area contributed by atoms with Crippen molar-refractivity contribution in [2.24, 2.45) is 0 Å². The number of hydrogen-bond acceptors (Lipinski definition) is 1. The molecule has 0 unspecified atom stereocenters. The molecule has 156 valence electrons. The van der Waals surface area contributed by atoms with Gasteiger partial charge in [-0.25, -0.2) is 0 Å². The maximum absolute atomic E-state index is 15.3. The van der Waals surface area contributed by atoms with Gasteiger partial charge in [0.25, 0.3) is 0 Å². The molecule has 0 aliphatic heterocycles. The minimum absolute atomic E-state index is 0.0297. The van der Waals surface area contributed by atoms with Crippen molar-refractivity contribution in [1.29, 1.82) is 0 Å². The molecule has 0 amide bonds. The van der Waals surface area contributed by atoms with Crippen LogP contribution in [0.15, 0.2) is 121 Å². The third-order valence-corrected chi connectivity index (χ3v) is 13.1. The third kappa shape index (κ3) is 4.59. The molecule has 0 spiro atoms. The largest absolute Gasteiger partial charge is 0.313 e. The molecule has 4 aromatic rings. The second-order valence-electron chi connectivity index (χ2n) is 7.64. The van der Waals surface area contributed by atoms with Crippen LogP contribution in [0.1, 0.15) is 19.8 Å². The smallest absolute Gasteiger partial charge is 0.150 e. The lowest BCUT2D eigenvalue weighted by Gasteiger charge is -2.35. The average Bonchev–Trinajstić information content (AvgIpc) is 2.86. The quantitative estimate of drug-likeness (QED) is 0.295. The Morgan fingerprint density at radius 1 is 0.613 bits per heavy atom. The van der Waals surface area contributed by atoms with Crippen LogP contribution in [-0.2, 0) is 4.57 Å². The van der Waals surface area contributed by atoms with E-state index in [4.69, 9.17) is 0 Å². The van der Waals surface area contributed by atoms with Crippen LogP contribution in [0.4, 0.5) is 0 Å². The van der Waals surface area contributed by atoms with Gasteiger partial charge in [0.05, 0.1) is 0 Å². The third-order valence-electron chi connectivity index (χ3n) is 5.61. The molecule has 0 aliphatic carbocycles. The molecule has 0 saturated carbocycles. The Morgan fingerprint density at radius 2 is 0.968 bits per heavy atom. The zero-order valence-electron chi connectivity index (χ0n) is 17.8. The molecule has 0 fully saturated rings. The van der Waals surface area contributed by atoms with Crippen molar-refractivity contribution in [2.45, 2.75) is 25.2 Å². The standard InChI is InChI=1S/C28H28OP2/c1-2-15-28(30(24-16-7-3-8-17-24)25-18-9-4-10-19-25)31(29,26-20-11-5-12-21-26)27-22-13-6-14-23-27/h3-14,16-23,28H,2,15H2,1H3/t28-/m0/s1. The van der Waals surface area contributed by atoms with E-state index < -0.39 is 15.1 Å². The van der Waals surface area contributed by atoms with Gasteiger partial charge in [0, 0.05) is 16.0 Å². The first kappa shape index (κ1) is 21.8. The van der Waals surface area contributed by atoms with Crippen LogP contribution in [0.25, 0.3) is 0 Å². The first-order valence-electron chi connectivity index (χ1n) is 10.9. The van der Waals surface area contributed by atoms with E-state index in [0.29, 0.717) is 0 Å². The van der Waals surface area contributed by atoms with Crippen LogP contribution < -0.4 is 21.2 Å². The second-order valence-corrected chi connectivity index (χ2v) is 13.4. The summed E-state index contributed by atoms with van der Waals surface area (Å²) in [6.45, 7) is 2.21. The lowest BCUT2D eigenvalue weighted by Crippen LogP contribution is -2.30. The summed E-state index contributed by atoms with van der Waals surface area (Å²) in [5.41, 5.74) is 0. The van der Waals surface area contributed by atoms with E-state index in [2.05, 4.69) is 91.9 Å². The molecule has 31 heavy (non-hydrogen) atoms. The van der Waals surface area contributed by atoms with E-state index >= 15 is 4.57 Å². The summed E-state index contributed by atoms with van der Waals surface area (Å²) in [5.74, 6) is 0. The van der Waals surface area contributed by atoms with Crippen LogP contribution in [-0.4, -0.2) is 5.40 Å². The number of hydrogen-bond donors (Lipinski definition) is 0. The highest BCUT2D eigenvalue weighted by Gasteiger charge is 2.41. The summed E-state index contributed by atoms with van der Waals surface area (Å²) < 4.78 is 15.3. The Bertz CT molecular complexity index is 1030. The molecule has 0 heterocycles. The van der Waals surface area contributed by atoms with Crippen molar-refractivity contribution >= 4 is 36.3 Å². The van der Waals surface area contributed by atoms with E-state index in [1.807, 2.05) is 36.4 Å². The van der Waals surface area contributed by atoms with Crippen LogP contribution in [0, 0.1) is 0 Å². The van der Waals surface area contributed by atoms with Crippen molar-refractivity contribution in [3.63, 3.8) is 0 Å². The predicted octanol–water partition coefficient (Wildman–Crippen LogP) is 6.26. The lowest BCUT2D eigenvalue weighted by molar-refractivity contribution is 0.582. The zero-order chi connectivity index (χ0) is 21.5. The van der Waals surface area contributed by atoms with Crippen molar-refractivity contribution < 1.29 is 4.57 Å². The Balaban J connectivity index is 1.98. The van der Waals surface area contributed by atoms with E-state index in [1.54, 1.807) is 0 Å². The normalized spacial score (nSPS) is 12.6. The molecule has 0 N–H and O–H groups in total. The van der Waals surface area contributed by atoms with Crippen LogP contribution in [0.5, 0.6) is 0 Å². The highest BCUT2D eigenvalue weighted by molar-refractivity contribution is 7.92. The van der Waals surface area contributed by atoms with Gasteiger partial charge < -0.3 is 4.57 Å². The zero-order valence-corrected chi connectivity index (χ0v) is 19.6. The second kappa shape index (κ2) is 10.2. The molecule has 3 heteroatoms. The SMILES string of the molecule is CCC[C@@H](P(c1ccccc1)c1ccccc1)P(=O)(c1ccccc1)c1ccccc1. The molecule has 0 bridgehead atoms. The van der Waals surface area contributed by atoms with Gasteiger partial charge in [-0.1, -0.05) is 135 Å². The fourth-order valence-electron chi connectivity index (χ4n) is 4.19. The molecular weight excluding hydrogens is 414 g/mol. The molecule has 0 aliphatic rings. The van der Waals surface area contributed by atoms with E-state index in [9.17, 15) is 0 Å². The van der Waals surface area contributed by atoms with Gasteiger partial charge in [-0.05, 0) is 25.0 Å². The van der Waals surface area contributed by atoms with Gasteiger partial charge in [0.1, 0.15) is 0 Å². The molecular formula is C28H28OP2. The molecule has 1 atom stereocenters. The summed E-state index contributed by atoms with van der Waals surface area (Å²) in [6.07, 6.45) is 1.91. The molecule has 0 saturated heterocycles. The topological polar surface area (TPSA) is 17.1 Å². The Labute approximate surface area is 187 Å². The lowest BCUT2D eigenvalue weighted by atomic mass is 10.4. The number of benzene rings is 4. The fourth-order valence-corrected chi connectivity index (χ4v) is 12.4. The minimum Gasteiger partial charge on any atom is -0.313 e. The van der Waals surface area contributed by atoms with E-state index in [-0.39, 0.29) is 5.40 Å². The highest BCUT2D eigenvalue weighted by atomic mass is 31.2. The van der Waals surface area contributed by atoms with Gasteiger partial charge in [-0.2, -0.15) is 0 Å². The van der Waals surface area contributed by atoms with Gasteiger partial charge in [0.15, 0.2) is 7.14 Å². The van der Waals surface area contributed by atoms with Crippen molar-refractivity contribution in [1.82, 2.24) is 0 Å². The maximum Gasteiger partial charge on any atom is 0.150 e. The monoisotopic (exact) mass is 442 g/mol. The number of rotatable bonds is 8. The molecule has 1 nitrogen and oxygen atoms in total. The van der Waals surface area contributed by atoms with E-state index in [0.717, 1.165) is 23.5 Å². The molecule has 0 radical (unpaired) electrons. The van der Waals surface area contributed by atoms with E-state index in [1.165, 1.54) is 10.6 Å². The molecule has 4 aromatic carbocycles. The van der Waals surface area contributed by atoms with Gasteiger partial charge in [-0.3, -0.25) is 0 Å². The Morgan fingerprint density at radius 3 is 1.32 bits per heavy atom. The van der Waals surface area contributed by atoms with Crippen molar-refractivity contribution in [3.8, 4) is 0 Å². The summed E-state index contributed by atoms with van der Waals surface area (Å²) in [4.78, 5) is 0. The van der Waals surface area contributed by atoms with Crippen LogP contribution in [0.2, 0.25) is 0 Å². The van der Waals surface area contributed by atoms with Gasteiger partial charge in [0.2, 0.25) is 0 Å². The average molecular weight is 442 g/mol. The van der Waals surface area contributed by atoms with Gasteiger partial charge in [-0.15, -0.1) is 0 Å². The predicted molar refractivity (Wildman–Crippen MR) is 138 cm³/mol. The Hall–Kier alpha value is -2.46. The summed E-state index contributed by atoms with van der Waals surface area (Å²) >= 11 is 0. The van der Waals surface area contributed by atoms with Crippen LogP contribution in [0.3, 0.4) is 0 Å². The summed E-state index contributed by atoms with van der Waals surface area (Å²) in [6, 6.07) is 41.7. The van der Waals surface area contributed by atoms with Gasteiger partial charge >= 0.3 is 0 Å². The summed E-state index contributed by atoms with van der Waals surface area (Å²) in [7, 11) is -3.73. The summed E-state index contributed by atoms with van der Waals surface area (Å²) in [5, 5.41) is 4.52. The fraction of sp³-hybridized carbons (Fsp3) is 0.143. The van der Waals surface area contributed by atoms with Crippen LogP contribution >= 0.6 is 15.1 Å². The first-order chi connectivity index (χ1) is 15.2. The van der Waals surface area contributed by atoms with Crippen molar-refractivity contribution in [2.75, 3.05) is 0 Å². The first-order valence-corrected chi connectivity index (χ1v) is 14.0. The maximum atomic E-state index is 15.3. The Kier molecular flexibility index (Phi) is 7.18. The van der Waals surface area contributed by atoms with Crippen molar-refractivity contribution in [3.05, 3.63) is 121 Å². The molecule has 4 rings (SSSR count).